The van der Waals surface area contributed by atoms with E-state index in [1.807, 2.05) is 0 Å². The largest absolute Gasteiger partial charge is 0.496 e. The zero-order valence-corrected chi connectivity index (χ0v) is 11.7. The molecule has 0 heterocycles. The second kappa shape index (κ2) is 6.40. The predicted octanol–water partition coefficient (Wildman–Crippen LogP) is 4.34. The van der Waals surface area contributed by atoms with Crippen LogP contribution in [0.4, 0.5) is 4.39 Å². The van der Waals surface area contributed by atoms with Crippen molar-refractivity contribution in [2.45, 2.75) is 12.3 Å². The third-order valence-electron chi connectivity index (χ3n) is 3.07. The highest BCUT2D eigenvalue weighted by atomic mass is 35.5. The first-order chi connectivity index (χ1) is 9.63. The second-order valence-corrected chi connectivity index (χ2v) is 4.83. The van der Waals surface area contributed by atoms with Gasteiger partial charge in [-0.05, 0) is 47.9 Å². The Morgan fingerprint density at radius 1 is 1.30 bits per heavy atom. The van der Waals surface area contributed by atoms with Crippen LogP contribution in [0.2, 0.25) is 5.02 Å². The van der Waals surface area contributed by atoms with E-state index in [-0.39, 0.29) is 5.82 Å². The Bertz CT molecular complexity index is 651. The topological polar surface area (TPSA) is 33.0 Å². The molecule has 0 spiro atoms. The van der Waals surface area contributed by atoms with Crippen LogP contribution in [0.25, 0.3) is 0 Å². The Kier molecular flexibility index (Phi) is 4.60. The summed E-state index contributed by atoms with van der Waals surface area (Å²) >= 11 is 5.97. The van der Waals surface area contributed by atoms with Crippen molar-refractivity contribution in [2.75, 3.05) is 7.11 Å². The van der Waals surface area contributed by atoms with Gasteiger partial charge in [0.15, 0.2) is 0 Å². The third kappa shape index (κ3) is 3.28. The monoisotopic (exact) mass is 289 g/mol. The fraction of sp³-hybridized carbons (Fsp3) is 0.188. The first-order valence-corrected chi connectivity index (χ1v) is 6.49. The van der Waals surface area contributed by atoms with E-state index in [2.05, 4.69) is 6.07 Å². The Balaban J connectivity index is 2.32. The quantitative estimate of drug-likeness (QED) is 0.839. The summed E-state index contributed by atoms with van der Waals surface area (Å²) in [6, 6.07) is 13.5. The van der Waals surface area contributed by atoms with Crippen LogP contribution in [0.5, 0.6) is 5.75 Å². The molecule has 0 fully saturated rings. The highest BCUT2D eigenvalue weighted by molar-refractivity contribution is 6.30. The Labute approximate surface area is 122 Å². The van der Waals surface area contributed by atoms with Crippen molar-refractivity contribution in [3.05, 3.63) is 64.4 Å². The summed E-state index contributed by atoms with van der Waals surface area (Å²) in [4.78, 5) is 0. The zero-order chi connectivity index (χ0) is 14.5. The number of hydrogen-bond donors (Lipinski definition) is 0. The molecule has 2 rings (SSSR count). The third-order valence-corrected chi connectivity index (χ3v) is 3.31. The van der Waals surface area contributed by atoms with Crippen molar-refractivity contribution in [1.82, 2.24) is 0 Å². The molecule has 0 aliphatic heterocycles. The van der Waals surface area contributed by atoms with Gasteiger partial charge < -0.3 is 4.74 Å². The smallest absolute Gasteiger partial charge is 0.123 e. The first kappa shape index (κ1) is 14.4. The maximum Gasteiger partial charge on any atom is 0.123 e. The Hall–Kier alpha value is -2.05. The van der Waals surface area contributed by atoms with E-state index in [9.17, 15) is 9.65 Å². The summed E-state index contributed by atoms with van der Waals surface area (Å²) in [6.45, 7) is 0. The molecule has 0 saturated carbocycles. The lowest BCUT2D eigenvalue weighted by molar-refractivity contribution is 0.409. The molecule has 0 saturated heterocycles. The molecular weight excluding hydrogens is 277 g/mol. The SMILES string of the molecule is COc1ccc(Cl)cc1CC(C#N)c1cccc(F)c1. The average molecular weight is 290 g/mol. The van der Waals surface area contributed by atoms with Gasteiger partial charge in [0.05, 0.1) is 19.1 Å². The van der Waals surface area contributed by atoms with Gasteiger partial charge in [0.25, 0.3) is 0 Å². The number of nitrogens with zero attached hydrogens (tertiary/aromatic N) is 1. The van der Waals surface area contributed by atoms with Crippen LogP contribution in [-0.2, 0) is 6.42 Å². The summed E-state index contributed by atoms with van der Waals surface area (Å²) in [5, 5.41) is 9.90. The van der Waals surface area contributed by atoms with Crippen molar-refractivity contribution in [3.8, 4) is 11.8 Å². The second-order valence-electron chi connectivity index (χ2n) is 4.40. The summed E-state index contributed by atoms with van der Waals surface area (Å²) in [5.41, 5.74) is 1.48. The first-order valence-electron chi connectivity index (χ1n) is 6.11. The van der Waals surface area contributed by atoms with Gasteiger partial charge >= 0.3 is 0 Å². The minimum absolute atomic E-state index is 0.346. The molecule has 0 aromatic heterocycles. The standard InChI is InChI=1S/C16H13ClFNO/c1-20-16-6-5-14(17)8-12(16)7-13(10-19)11-3-2-4-15(18)9-11/h2-6,8-9,13H,7H2,1H3. The van der Waals surface area contributed by atoms with Crippen LogP contribution in [-0.4, -0.2) is 7.11 Å². The van der Waals surface area contributed by atoms with Gasteiger partial charge in [0, 0.05) is 5.02 Å². The van der Waals surface area contributed by atoms with E-state index in [1.165, 1.54) is 12.1 Å². The molecule has 102 valence electrons. The molecule has 1 unspecified atom stereocenters. The summed E-state index contributed by atoms with van der Waals surface area (Å²) < 4.78 is 18.5. The van der Waals surface area contributed by atoms with Crippen LogP contribution >= 0.6 is 11.6 Å². The van der Waals surface area contributed by atoms with Crippen LogP contribution in [0.1, 0.15) is 17.0 Å². The average Bonchev–Trinajstić information content (AvgIpc) is 2.45. The van der Waals surface area contributed by atoms with Crippen molar-refractivity contribution in [3.63, 3.8) is 0 Å². The Morgan fingerprint density at radius 3 is 2.75 bits per heavy atom. The highest BCUT2D eigenvalue weighted by Crippen LogP contribution is 2.28. The van der Waals surface area contributed by atoms with Crippen LogP contribution < -0.4 is 4.74 Å². The number of hydrogen-bond acceptors (Lipinski definition) is 2. The lowest BCUT2D eigenvalue weighted by Gasteiger charge is -2.13. The molecule has 0 aliphatic rings. The number of nitriles is 1. The van der Waals surface area contributed by atoms with Crippen molar-refractivity contribution < 1.29 is 9.13 Å². The van der Waals surface area contributed by atoms with Gasteiger partial charge in [-0.2, -0.15) is 5.26 Å². The molecule has 0 aliphatic carbocycles. The molecule has 2 aromatic rings. The van der Waals surface area contributed by atoms with E-state index in [1.54, 1.807) is 37.4 Å². The van der Waals surface area contributed by atoms with E-state index >= 15 is 0 Å². The minimum atomic E-state index is -0.446. The van der Waals surface area contributed by atoms with Gasteiger partial charge in [0.2, 0.25) is 0 Å². The lowest BCUT2D eigenvalue weighted by atomic mass is 9.93. The number of ether oxygens (including phenoxy) is 1. The van der Waals surface area contributed by atoms with E-state index < -0.39 is 5.92 Å². The molecule has 0 bridgehead atoms. The molecule has 2 nitrogen and oxygen atoms in total. The van der Waals surface area contributed by atoms with Crippen molar-refractivity contribution in [1.29, 1.82) is 5.26 Å². The number of rotatable bonds is 4. The van der Waals surface area contributed by atoms with Crippen molar-refractivity contribution in [2.24, 2.45) is 0 Å². The maximum absolute atomic E-state index is 13.3. The number of methoxy groups -OCH3 is 1. The molecule has 2 aromatic carbocycles. The van der Waals surface area contributed by atoms with Gasteiger partial charge in [0.1, 0.15) is 11.6 Å². The molecule has 0 N–H and O–H groups in total. The number of benzene rings is 2. The summed E-state index contributed by atoms with van der Waals surface area (Å²) in [6.07, 6.45) is 0.420. The lowest BCUT2D eigenvalue weighted by Crippen LogP contribution is -2.03. The van der Waals surface area contributed by atoms with Gasteiger partial charge in [-0.3, -0.25) is 0 Å². The van der Waals surface area contributed by atoms with Gasteiger partial charge in [-0.15, -0.1) is 0 Å². The molecule has 0 amide bonds. The predicted molar refractivity (Wildman–Crippen MR) is 76.5 cm³/mol. The molecule has 4 heteroatoms. The molecular formula is C16H13ClFNO. The molecule has 20 heavy (non-hydrogen) atoms. The summed E-state index contributed by atoms with van der Waals surface area (Å²) in [5.74, 6) is -0.120. The van der Waals surface area contributed by atoms with Gasteiger partial charge in [-0.1, -0.05) is 23.7 Å². The van der Waals surface area contributed by atoms with Crippen LogP contribution in [0.3, 0.4) is 0 Å². The fourth-order valence-corrected chi connectivity index (χ4v) is 2.28. The maximum atomic E-state index is 13.3. The minimum Gasteiger partial charge on any atom is -0.496 e. The fourth-order valence-electron chi connectivity index (χ4n) is 2.09. The normalized spacial score (nSPS) is 11.7. The van der Waals surface area contributed by atoms with E-state index in [0.29, 0.717) is 22.8 Å². The summed E-state index contributed by atoms with van der Waals surface area (Å²) in [7, 11) is 1.57. The van der Waals surface area contributed by atoms with Crippen LogP contribution in [0, 0.1) is 17.1 Å². The van der Waals surface area contributed by atoms with Gasteiger partial charge in [-0.25, -0.2) is 4.39 Å². The zero-order valence-electron chi connectivity index (χ0n) is 10.9. The molecule has 1 atom stereocenters. The van der Waals surface area contributed by atoms with Crippen LogP contribution in [0.15, 0.2) is 42.5 Å². The number of halogens is 2. The Morgan fingerprint density at radius 2 is 2.10 bits per heavy atom. The van der Waals surface area contributed by atoms with Crippen molar-refractivity contribution >= 4 is 11.6 Å². The highest BCUT2D eigenvalue weighted by Gasteiger charge is 2.15. The molecule has 0 radical (unpaired) electrons. The van der Waals surface area contributed by atoms with E-state index in [4.69, 9.17) is 16.3 Å². The van der Waals surface area contributed by atoms with E-state index in [0.717, 1.165) is 5.56 Å².